The maximum absolute atomic E-state index is 10.7. The summed E-state index contributed by atoms with van der Waals surface area (Å²) in [6.45, 7) is 8.92. The standard InChI is InChI=1S/C18H28O/c1-13-8-9-14(2)15(11-13)12-17(19)16-7-5-6-10-18(16,3)4/h8-9,11,16-17,19H,5-7,10,12H2,1-4H3. The monoisotopic (exact) mass is 260 g/mol. The Morgan fingerprint density at radius 2 is 2.00 bits per heavy atom. The summed E-state index contributed by atoms with van der Waals surface area (Å²) >= 11 is 0. The van der Waals surface area contributed by atoms with Gasteiger partial charge in [-0.15, -0.1) is 0 Å². The Morgan fingerprint density at radius 3 is 2.68 bits per heavy atom. The maximum Gasteiger partial charge on any atom is 0.0613 e. The fraction of sp³-hybridized carbons (Fsp3) is 0.667. The van der Waals surface area contributed by atoms with E-state index >= 15 is 0 Å². The second-order valence-electron chi connectivity index (χ2n) is 7.04. The molecule has 1 aromatic carbocycles. The lowest BCUT2D eigenvalue weighted by Crippen LogP contribution is -2.38. The number of hydrogen-bond acceptors (Lipinski definition) is 1. The van der Waals surface area contributed by atoms with Crippen LogP contribution in [0.1, 0.15) is 56.2 Å². The molecule has 106 valence electrons. The van der Waals surface area contributed by atoms with E-state index in [1.54, 1.807) is 0 Å². The maximum atomic E-state index is 10.7. The Labute approximate surface area is 118 Å². The van der Waals surface area contributed by atoms with E-state index in [-0.39, 0.29) is 11.5 Å². The number of aryl methyl sites for hydroxylation is 2. The molecule has 2 unspecified atom stereocenters. The average molecular weight is 260 g/mol. The zero-order valence-corrected chi connectivity index (χ0v) is 12.9. The van der Waals surface area contributed by atoms with Gasteiger partial charge in [0, 0.05) is 0 Å². The van der Waals surface area contributed by atoms with Gasteiger partial charge in [0.25, 0.3) is 0 Å². The Bertz CT molecular complexity index is 433. The topological polar surface area (TPSA) is 20.2 Å². The summed E-state index contributed by atoms with van der Waals surface area (Å²) in [6, 6.07) is 6.55. The van der Waals surface area contributed by atoms with E-state index < -0.39 is 0 Å². The van der Waals surface area contributed by atoms with Crippen LogP contribution in [0.5, 0.6) is 0 Å². The van der Waals surface area contributed by atoms with Crippen molar-refractivity contribution in [3.05, 3.63) is 34.9 Å². The van der Waals surface area contributed by atoms with Crippen LogP contribution in [-0.4, -0.2) is 11.2 Å². The highest BCUT2D eigenvalue weighted by atomic mass is 16.3. The highest BCUT2D eigenvalue weighted by Gasteiger charge is 2.36. The van der Waals surface area contributed by atoms with E-state index in [0.29, 0.717) is 5.92 Å². The summed E-state index contributed by atoms with van der Waals surface area (Å²) in [7, 11) is 0. The quantitative estimate of drug-likeness (QED) is 0.852. The third kappa shape index (κ3) is 3.39. The van der Waals surface area contributed by atoms with Gasteiger partial charge in [0.2, 0.25) is 0 Å². The Balaban J connectivity index is 2.11. The normalized spacial score (nSPS) is 24.2. The third-order valence-electron chi connectivity index (χ3n) is 4.99. The number of rotatable bonds is 3. The van der Waals surface area contributed by atoms with Crippen molar-refractivity contribution in [2.24, 2.45) is 11.3 Å². The van der Waals surface area contributed by atoms with Crippen molar-refractivity contribution in [1.29, 1.82) is 0 Å². The first kappa shape index (κ1) is 14.6. The van der Waals surface area contributed by atoms with Crippen molar-refractivity contribution in [2.45, 2.75) is 65.9 Å². The smallest absolute Gasteiger partial charge is 0.0613 e. The predicted octanol–water partition coefficient (Wildman–Crippen LogP) is 4.42. The lowest BCUT2D eigenvalue weighted by Gasteiger charge is -2.41. The van der Waals surface area contributed by atoms with Gasteiger partial charge in [-0.2, -0.15) is 0 Å². The second kappa shape index (κ2) is 5.66. The van der Waals surface area contributed by atoms with Crippen molar-refractivity contribution >= 4 is 0 Å². The van der Waals surface area contributed by atoms with Crippen LogP contribution in [0.4, 0.5) is 0 Å². The van der Waals surface area contributed by atoms with Crippen LogP contribution in [0.3, 0.4) is 0 Å². The van der Waals surface area contributed by atoms with Gasteiger partial charge in [-0.3, -0.25) is 0 Å². The first-order chi connectivity index (χ1) is 8.90. The fourth-order valence-electron chi connectivity index (χ4n) is 3.62. The van der Waals surface area contributed by atoms with E-state index in [4.69, 9.17) is 0 Å². The van der Waals surface area contributed by atoms with E-state index in [1.165, 1.54) is 42.4 Å². The second-order valence-corrected chi connectivity index (χ2v) is 7.04. The lowest BCUT2D eigenvalue weighted by atomic mass is 9.66. The minimum atomic E-state index is -0.198. The molecule has 0 aromatic heterocycles. The number of aliphatic hydroxyl groups is 1. The summed E-state index contributed by atoms with van der Waals surface area (Å²) in [4.78, 5) is 0. The molecule has 2 atom stereocenters. The van der Waals surface area contributed by atoms with Gasteiger partial charge in [0.05, 0.1) is 6.10 Å². The lowest BCUT2D eigenvalue weighted by molar-refractivity contribution is 0.00572. The average Bonchev–Trinajstić information content (AvgIpc) is 2.33. The molecule has 0 saturated heterocycles. The molecule has 0 heterocycles. The molecular formula is C18H28O. The summed E-state index contributed by atoms with van der Waals surface area (Å²) in [5, 5.41) is 10.7. The van der Waals surface area contributed by atoms with Crippen molar-refractivity contribution in [1.82, 2.24) is 0 Å². The molecule has 0 aliphatic heterocycles. The molecule has 1 heteroatoms. The fourth-order valence-corrected chi connectivity index (χ4v) is 3.62. The van der Waals surface area contributed by atoms with Crippen LogP contribution < -0.4 is 0 Å². The van der Waals surface area contributed by atoms with Crippen LogP contribution in [0.2, 0.25) is 0 Å². The molecular weight excluding hydrogens is 232 g/mol. The SMILES string of the molecule is Cc1ccc(C)c(CC(O)C2CCCCC2(C)C)c1. The molecule has 1 saturated carbocycles. The first-order valence-electron chi connectivity index (χ1n) is 7.64. The van der Waals surface area contributed by atoms with Crippen molar-refractivity contribution in [3.63, 3.8) is 0 Å². The van der Waals surface area contributed by atoms with Gasteiger partial charge in [-0.05, 0) is 55.6 Å². The van der Waals surface area contributed by atoms with Gasteiger partial charge in [0.1, 0.15) is 0 Å². The molecule has 2 rings (SSSR count). The van der Waals surface area contributed by atoms with Gasteiger partial charge >= 0.3 is 0 Å². The zero-order chi connectivity index (χ0) is 14.0. The van der Waals surface area contributed by atoms with Gasteiger partial charge in [-0.1, -0.05) is 50.5 Å². The molecule has 0 bridgehead atoms. The van der Waals surface area contributed by atoms with Crippen molar-refractivity contribution in [3.8, 4) is 0 Å². The number of benzene rings is 1. The van der Waals surface area contributed by atoms with Gasteiger partial charge in [-0.25, -0.2) is 0 Å². The van der Waals surface area contributed by atoms with Crippen LogP contribution in [0.15, 0.2) is 18.2 Å². The molecule has 1 fully saturated rings. The van der Waals surface area contributed by atoms with Gasteiger partial charge in [0.15, 0.2) is 0 Å². The highest BCUT2D eigenvalue weighted by Crippen LogP contribution is 2.43. The van der Waals surface area contributed by atoms with E-state index in [1.807, 2.05) is 0 Å². The van der Waals surface area contributed by atoms with Crippen molar-refractivity contribution < 1.29 is 5.11 Å². The van der Waals surface area contributed by atoms with Crippen LogP contribution in [0.25, 0.3) is 0 Å². The molecule has 19 heavy (non-hydrogen) atoms. The summed E-state index contributed by atoms with van der Waals surface area (Å²) in [5.41, 5.74) is 4.19. The van der Waals surface area contributed by atoms with Crippen LogP contribution in [0, 0.1) is 25.2 Å². The van der Waals surface area contributed by atoms with Crippen LogP contribution in [-0.2, 0) is 6.42 Å². The van der Waals surface area contributed by atoms with E-state index in [9.17, 15) is 5.11 Å². The third-order valence-corrected chi connectivity index (χ3v) is 4.99. The Morgan fingerprint density at radius 1 is 1.26 bits per heavy atom. The molecule has 1 N–H and O–H groups in total. The predicted molar refractivity (Wildman–Crippen MR) is 81.4 cm³/mol. The largest absolute Gasteiger partial charge is 0.392 e. The zero-order valence-electron chi connectivity index (χ0n) is 12.9. The summed E-state index contributed by atoms with van der Waals surface area (Å²) in [6.07, 6.45) is 5.63. The highest BCUT2D eigenvalue weighted by molar-refractivity contribution is 5.31. The molecule has 0 amide bonds. The molecule has 0 spiro atoms. The summed E-state index contributed by atoms with van der Waals surface area (Å²) in [5.74, 6) is 0.446. The first-order valence-corrected chi connectivity index (χ1v) is 7.64. The minimum Gasteiger partial charge on any atom is -0.392 e. The Hall–Kier alpha value is -0.820. The molecule has 0 radical (unpaired) electrons. The number of aliphatic hydroxyl groups excluding tert-OH is 1. The summed E-state index contributed by atoms with van der Waals surface area (Å²) < 4.78 is 0. The number of hydrogen-bond donors (Lipinski definition) is 1. The minimum absolute atomic E-state index is 0.198. The molecule has 1 aliphatic carbocycles. The van der Waals surface area contributed by atoms with Crippen LogP contribution >= 0.6 is 0 Å². The molecule has 1 nitrogen and oxygen atoms in total. The van der Waals surface area contributed by atoms with E-state index in [0.717, 1.165) is 6.42 Å². The van der Waals surface area contributed by atoms with Gasteiger partial charge < -0.3 is 5.11 Å². The van der Waals surface area contributed by atoms with Crippen molar-refractivity contribution in [2.75, 3.05) is 0 Å². The molecule has 1 aromatic rings. The molecule has 1 aliphatic rings. The van der Waals surface area contributed by atoms with E-state index in [2.05, 4.69) is 45.9 Å². The Kier molecular flexibility index (Phi) is 4.35.